The Morgan fingerprint density at radius 3 is 2.13 bits per heavy atom. The Morgan fingerprint density at radius 2 is 1.43 bits per heavy atom. The van der Waals surface area contributed by atoms with E-state index in [0.29, 0.717) is 26.7 Å². The molecule has 0 radical (unpaired) electrons. The minimum atomic E-state index is -0.139. The smallest absolute Gasteiger partial charge is 0.197 e. The summed E-state index contributed by atoms with van der Waals surface area (Å²) in [6.07, 6.45) is 3.49. The molecule has 2 aromatic carbocycles. The summed E-state index contributed by atoms with van der Waals surface area (Å²) in [4.78, 5) is 13.0. The van der Waals surface area contributed by atoms with Gasteiger partial charge < -0.3 is 4.57 Å². The van der Waals surface area contributed by atoms with Gasteiger partial charge in [-0.2, -0.15) is 0 Å². The van der Waals surface area contributed by atoms with Crippen LogP contribution in [0.1, 0.15) is 0 Å². The molecule has 0 fully saturated rings. The fourth-order valence-corrected chi connectivity index (χ4v) is 3.21. The van der Waals surface area contributed by atoms with Crippen LogP contribution in [0.25, 0.3) is 22.3 Å². The maximum Gasteiger partial charge on any atom is 0.197 e. The molecule has 3 rings (SSSR count). The molecule has 0 aliphatic heterocycles. The number of aromatic nitrogens is 1. The van der Waals surface area contributed by atoms with Crippen LogP contribution in [0, 0.1) is 0 Å². The van der Waals surface area contributed by atoms with E-state index < -0.39 is 0 Å². The number of halogens is 3. The van der Waals surface area contributed by atoms with E-state index in [9.17, 15) is 4.79 Å². The monoisotopic (exact) mass is 363 g/mol. The van der Waals surface area contributed by atoms with Crippen molar-refractivity contribution in [2.75, 3.05) is 0 Å². The maximum atomic E-state index is 13.0. The predicted octanol–water partition coefficient (Wildman–Crippen LogP) is 5.68. The number of nitrogens with zero attached hydrogens (tertiary/aromatic N) is 1. The third-order valence-electron chi connectivity index (χ3n) is 3.55. The van der Waals surface area contributed by atoms with Crippen LogP contribution in [-0.4, -0.2) is 4.57 Å². The van der Waals surface area contributed by atoms with Gasteiger partial charge in [-0.1, -0.05) is 65.1 Å². The van der Waals surface area contributed by atoms with E-state index in [1.54, 1.807) is 24.5 Å². The van der Waals surface area contributed by atoms with E-state index in [1.807, 2.05) is 41.9 Å². The summed E-state index contributed by atoms with van der Waals surface area (Å²) in [6.45, 7) is 0. The second-order valence-electron chi connectivity index (χ2n) is 5.16. The highest BCUT2D eigenvalue weighted by atomic mass is 35.5. The lowest BCUT2D eigenvalue weighted by Gasteiger charge is -2.12. The van der Waals surface area contributed by atoms with E-state index in [0.717, 1.165) is 5.56 Å². The summed E-state index contributed by atoms with van der Waals surface area (Å²) in [5.41, 5.74) is 2.16. The lowest BCUT2D eigenvalue weighted by atomic mass is 10.0. The molecule has 1 aromatic heterocycles. The zero-order chi connectivity index (χ0) is 16.6. The van der Waals surface area contributed by atoms with Gasteiger partial charge >= 0.3 is 0 Å². The molecule has 2 nitrogen and oxygen atoms in total. The molecule has 0 bridgehead atoms. The SMILES string of the molecule is Cn1cc(-c2ccccc2)c(=O)c(-c2c(Cl)ccc(Cl)c2Cl)c1. The fraction of sp³-hybridized carbons (Fsp3) is 0.0556. The van der Waals surface area contributed by atoms with Crippen molar-refractivity contribution in [2.24, 2.45) is 7.05 Å². The summed E-state index contributed by atoms with van der Waals surface area (Å²) in [5, 5.41) is 1.03. The van der Waals surface area contributed by atoms with Crippen molar-refractivity contribution >= 4 is 34.8 Å². The first-order valence-electron chi connectivity index (χ1n) is 6.88. The molecule has 0 aliphatic rings. The van der Waals surface area contributed by atoms with Crippen molar-refractivity contribution in [1.82, 2.24) is 4.57 Å². The van der Waals surface area contributed by atoms with E-state index in [1.165, 1.54) is 0 Å². The second-order valence-corrected chi connectivity index (χ2v) is 6.36. The van der Waals surface area contributed by atoms with Gasteiger partial charge in [-0.25, -0.2) is 0 Å². The zero-order valence-corrected chi connectivity index (χ0v) is 14.5. The normalized spacial score (nSPS) is 10.8. The summed E-state index contributed by atoms with van der Waals surface area (Å²) >= 11 is 18.6. The maximum absolute atomic E-state index is 13.0. The average molecular weight is 365 g/mol. The molecule has 0 atom stereocenters. The molecule has 0 saturated heterocycles. The summed E-state index contributed by atoms with van der Waals surface area (Å²) < 4.78 is 1.81. The molecule has 3 aromatic rings. The molecule has 0 aliphatic carbocycles. The van der Waals surface area contributed by atoms with Gasteiger partial charge in [-0.15, -0.1) is 0 Å². The summed E-state index contributed by atoms with van der Waals surface area (Å²) in [6, 6.07) is 12.7. The van der Waals surface area contributed by atoms with Crippen LogP contribution in [0.2, 0.25) is 15.1 Å². The van der Waals surface area contributed by atoms with E-state index >= 15 is 0 Å². The topological polar surface area (TPSA) is 22.0 Å². The lowest BCUT2D eigenvalue weighted by molar-refractivity contribution is 0.904. The van der Waals surface area contributed by atoms with Crippen molar-refractivity contribution in [3.8, 4) is 22.3 Å². The van der Waals surface area contributed by atoms with Crippen LogP contribution in [0.3, 0.4) is 0 Å². The molecule has 0 unspecified atom stereocenters. The minimum absolute atomic E-state index is 0.139. The minimum Gasteiger partial charge on any atom is -0.356 e. The lowest BCUT2D eigenvalue weighted by Crippen LogP contribution is -2.12. The molecule has 23 heavy (non-hydrogen) atoms. The highest BCUT2D eigenvalue weighted by Crippen LogP contribution is 2.38. The summed E-state index contributed by atoms with van der Waals surface area (Å²) in [7, 11) is 1.85. The number of hydrogen-bond acceptors (Lipinski definition) is 1. The molecule has 5 heteroatoms. The third-order valence-corrected chi connectivity index (χ3v) is 4.67. The number of pyridine rings is 1. The molecule has 0 saturated carbocycles. The molecular weight excluding hydrogens is 353 g/mol. The molecule has 0 N–H and O–H groups in total. The van der Waals surface area contributed by atoms with Crippen LogP contribution in [-0.2, 0) is 7.05 Å². The van der Waals surface area contributed by atoms with Gasteiger partial charge in [-0.05, 0) is 17.7 Å². The third kappa shape index (κ3) is 3.02. The Balaban J connectivity index is 2.34. The van der Waals surface area contributed by atoms with E-state index in [-0.39, 0.29) is 10.5 Å². The second kappa shape index (κ2) is 6.40. The Bertz CT molecular complexity index is 933. The predicted molar refractivity (Wildman–Crippen MR) is 97.6 cm³/mol. The Hall–Kier alpha value is -1.74. The van der Waals surface area contributed by atoms with Crippen LogP contribution >= 0.6 is 34.8 Å². The first-order valence-corrected chi connectivity index (χ1v) is 8.02. The number of benzene rings is 2. The molecule has 1 heterocycles. The van der Waals surface area contributed by atoms with Crippen molar-refractivity contribution in [3.05, 3.63) is 80.1 Å². The van der Waals surface area contributed by atoms with Gasteiger partial charge in [0.05, 0.1) is 15.1 Å². The van der Waals surface area contributed by atoms with Crippen molar-refractivity contribution in [2.45, 2.75) is 0 Å². The largest absolute Gasteiger partial charge is 0.356 e. The molecule has 116 valence electrons. The zero-order valence-electron chi connectivity index (χ0n) is 12.2. The average Bonchev–Trinajstić information content (AvgIpc) is 2.55. The van der Waals surface area contributed by atoms with Crippen LogP contribution in [0.4, 0.5) is 0 Å². The number of aryl methyl sites for hydroxylation is 1. The van der Waals surface area contributed by atoms with Crippen LogP contribution < -0.4 is 5.43 Å². The van der Waals surface area contributed by atoms with Gasteiger partial charge in [0.25, 0.3) is 0 Å². The Labute approximate surface area is 148 Å². The molecular formula is C18H12Cl3NO. The molecule has 0 amide bonds. The highest BCUT2D eigenvalue weighted by Gasteiger charge is 2.17. The highest BCUT2D eigenvalue weighted by molar-refractivity contribution is 6.46. The standard InChI is InChI=1S/C18H12Cl3NO/c1-22-9-12(11-5-3-2-4-6-11)18(23)13(10-22)16-14(19)7-8-15(20)17(16)21/h2-10H,1H3. The first-order chi connectivity index (χ1) is 11.0. The van der Waals surface area contributed by atoms with Crippen molar-refractivity contribution in [1.29, 1.82) is 0 Å². The van der Waals surface area contributed by atoms with Gasteiger partial charge in [0, 0.05) is 36.1 Å². The molecule has 0 spiro atoms. The number of rotatable bonds is 2. The van der Waals surface area contributed by atoms with Gasteiger partial charge in [0.1, 0.15) is 0 Å². The quantitative estimate of drug-likeness (QED) is 0.536. The van der Waals surface area contributed by atoms with Crippen molar-refractivity contribution in [3.63, 3.8) is 0 Å². The van der Waals surface area contributed by atoms with Gasteiger partial charge in [0.15, 0.2) is 5.43 Å². The fourth-order valence-electron chi connectivity index (χ4n) is 2.48. The van der Waals surface area contributed by atoms with Crippen molar-refractivity contribution < 1.29 is 0 Å². The van der Waals surface area contributed by atoms with E-state index in [2.05, 4.69) is 0 Å². The number of hydrogen-bond donors (Lipinski definition) is 0. The van der Waals surface area contributed by atoms with Crippen LogP contribution in [0.5, 0.6) is 0 Å². The van der Waals surface area contributed by atoms with Crippen LogP contribution in [0.15, 0.2) is 59.7 Å². The first kappa shape index (κ1) is 16.1. The van der Waals surface area contributed by atoms with Gasteiger partial charge in [-0.3, -0.25) is 4.79 Å². The summed E-state index contributed by atoms with van der Waals surface area (Å²) in [5.74, 6) is 0. The van der Waals surface area contributed by atoms with Gasteiger partial charge in [0.2, 0.25) is 0 Å². The Kier molecular flexibility index (Phi) is 4.49. The van der Waals surface area contributed by atoms with E-state index in [4.69, 9.17) is 34.8 Å². The Morgan fingerprint density at radius 1 is 0.826 bits per heavy atom.